The third kappa shape index (κ3) is 8.21. The molecule has 0 aliphatic rings. The maximum absolute atomic E-state index is 12.3. The SMILES string of the molecule is CCCCCCNC(=O)OC(C)(C)CF. The number of unbranched alkanes of at least 4 members (excludes halogenated alkanes) is 3. The van der Waals surface area contributed by atoms with Gasteiger partial charge in [0, 0.05) is 6.54 Å². The molecule has 0 atom stereocenters. The van der Waals surface area contributed by atoms with Crippen molar-refractivity contribution < 1.29 is 13.9 Å². The van der Waals surface area contributed by atoms with E-state index in [9.17, 15) is 9.18 Å². The van der Waals surface area contributed by atoms with Gasteiger partial charge < -0.3 is 10.1 Å². The third-order valence-corrected chi connectivity index (χ3v) is 1.99. The van der Waals surface area contributed by atoms with E-state index in [2.05, 4.69) is 12.2 Å². The molecule has 3 nitrogen and oxygen atoms in total. The van der Waals surface area contributed by atoms with E-state index in [0.29, 0.717) is 6.54 Å². The van der Waals surface area contributed by atoms with Gasteiger partial charge in [-0.15, -0.1) is 0 Å². The van der Waals surface area contributed by atoms with Crippen molar-refractivity contribution in [2.24, 2.45) is 0 Å². The summed E-state index contributed by atoms with van der Waals surface area (Å²) in [6.45, 7) is 5.15. The van der Waals surface area contributed by atoms with E-state index < -0.39 is 18.4 Å². The summed E-state index contributed by atoms with van der Waals surface area (Å²) >= 11 is 0. The van der Waals surface area contributed by atoms with Crippen LogP contribution in [0, 0.1) is 0 Å². The molecule has 0 radical (unpaired) electrons. The largest absolute Gasteiger partial charge is 0.441 e. The second-order valence-corrected chi connectivity index (χ2v) is 4.27. The van der Waals surface area contributed by atoms with Gasteiger partial charge in [0.15, 0.2) is 0 Å². The van der Waals surface area contributed by atoms with Crippen molar-refractivity contribution in [3.8, 4) is 0 Å². The summed E-state index contributed by atoms with van der Waals surface area (Å²) in [7, 11) is 0. The van der Waals surface area contributed by atoms with Gasteiger partial charge in [0.2, 0.25) is 0 Å². The van der Waals surface area contributed by atoms with Gasteiger partial charge in [0.1, 0.15) is 12.3 Å². The van der Waals surface area contributed by atoms with Gasteiger partial charge in [0.05, 0.1) is 0 Å². The molecule has 0 aromatic rings. The summed E-state index contributed by atoms with van der Waals surface area (Å²) in [5, 5.41) is 2.60. The fourth-order valence-corrected chi connectivity index (χ4v) is 1.06. The number of hydrogen-bond acceptors (Lipinski definition) is 2. The first-order valence-electron chi connectivity index (χ1n) is 5.54. The number of carbonyl (C=O) groups excluding carboxylic acids is 1. The van der Waals surface area contributed by atoms with Gasteiger partial charge in [0.25, 0.3) is 0 Å². The van der Waals surface area contributed by atoms with Crippen LogP contribution >= 0.6 is 0 Å². The second-order valence-electron chi connectivity index (χ2n) is 4.27. The van der Waals surface area contributed by atoms with Crippen LogP contribution in [0.25, 0.3) is 0 Å². The molecule has 0 unspecified atom stereocenters. The Kier molecular flexibility index (Phi) is 7.09. The van der Waals surface area contributed by atoms with Gasteiger partial charge in [-0.05, 0) is 20.3 Å². The van der Waals surface area contributed by atoms with Crippen LogP contribution in [0.2, 0.25) is 0 Å². The first-order valence-corrected chi connectivity index (χ1v) is 5.54. The van der Waals surface area contributed by atoms with E-state index in [1.54, 1.807) is 13.8 Å². The lowest BCUT2D eigenvalue weighted by atomic mass is 10.2. The van der Waals surface area contributed by atoms with Crippen LogP contribution in [0.5, 0.6) is 0 Å². The van der Waals surface area contributed by atoms with Crippen LogP contribution in [-0.2, 0) is 4.74 Å². The van der Waals surface area contributed by atoms with Crippen molar-refractivity contribution in [1.82, 2.24) is 5.32 Å². The van der Waals surface area contributed by atoms with E-state index in [4.69, 9.17) is 4.74 Å². The lowest BCUT2D eigenvalue weighted by molar-refractivity contribution is 0.0207. The number of amides is 1. The van der Waals surface area contributed by atoms with Crippen LogP contribution in [0.4, 0.5) is 9.18 Å². The Morgan fingerprint density at radius 2 is 2.00 bits per heavy atom. The van der Waals surface area contributed by atoms with Gasteiger partial charge in [-0.25, -0.2) is 9.18 Å². The Bertz CT molecular complexity index is 183. The molecule has 0 rings (SSSR count). The Balaban J connectivity index is 3.49. The molecular formula is C11H22FNO2. The number of hydrogen-bond donors (Lipinski definition) is 1. The molecule has 15 heavy (non-hydrogen) atoms. The van der Waals surface area contributed by atoms with Crippen molar-refractivity contribution in [2.45, 2.75) is 52.1 Å². The van der Waals surface area contributed by atoms with E-state index in [1.807, 2.05) is 0 Å². The molecule has 90 valence electrons. The highest BCUT2D eigenvalue weighted by Crippen LogP contribution is 2.09. The zero-order valence-electron chi connectivity index (χ0n) is 9.94. The van der Waals surface area contributed by atoms with E-state index in [-0.39, 0.29) is 0 Å². The fraction of sp³-hybridized carbons (Fsp3) is 0.909. The first-order chi connectivity index (χ1) is 7.02. The number of nitrogens with one attached hydrogen (secondary N) is 1. The maximum atomic E-state index is 12.3. The van der Waals surface area contributed by atoms with Crippen molar-refractivity contribution in [3.63, 3.8) is 0 Å². The molecule has 0 aliphatic carbocycles. The molecule has 1 N–H and O–H groups in total. The number of ether oxygens (including phenoxy) is 1. The normalized spacial score (nSPS) is 11.2. The molecule has 4 heteroatoms. The minimum Gasteiger partial charge on any atom is -0.441 e. The van der Waals surface area contributed by atoms with Gasteiger partial charge >= 0.3 is 6.09 Å². The Morgan fingerprint density at radius 3 is 2.53 bits per heavy atom. The van der Waals surface area contributed by atoms with Crippen molar-refractivity contribution in [1.29, 1.82) is 0 Å². The molecule has 0 spiro atoms. The summed E-state index contributed by atoms with van der Waals surface area (Å²) in [6.07, 6.45) is 3.85. The topological polar surface area (TPSA) is 38.3 Å². The van der Waals surface area contributed by atoms with Crippen molar-refractivity contribution >= 4 is 6.09 Å². The molecule has 0 aromatic carbocycles. The Hall–Kier alpha value is -0.800. The van der Waals surface area contributed by atoms with Crippen LogP contribution < -0.4 is 5.32 Å². The predicted molar refractivity (Wildman–Crippen MR) is 58.7 cm³/mol. The maximum Gasteiger partial charge on any atom is 0.407 e. The number of alkyl halides is 1. The van der Waals surface area contributed by atoms with E-state index >= 15 is 0 Å². The number of carbonyl (C=O) groups is 1. The minimum absolute atomic E-state index is 0.533. The van der Waals surface area contributed by atoms with Crippen molar-refractivity contribution in [2.75, 3.05) is 13.2 Å². The van der Waals surface area contributed by atoms with Crippen LogP contribution in [-0.4, -0.2) is 24.9 Å². The Morgan fingerprint density at radius 1 is 1.33 bits per heavy atom. The molecule has 0 heterocycles. The van der Waals surface area contributed by atoms with Gasteiger partial charge in [-0.3, -0.25) is 0 Å². The van der Waals surface area contributed by atoms with E-state index in [0.717, 1.165) is 12.8 Å². The summed E-state index contributed by atoms with van der Waals surface area (Å²) in [5.41, 5.74) is -1.02. The van der Waals surface area contributed by atoms with Crippen LogP contribution in [0.3, 0.4) is 0 Å². The zero-order valence-corrected chi connectivity index (χ0v) is 9.94. The molecular weight excluding hydrogens is 197 g/mol. The summed E-state index contributed by atoms with van der Waals surface area (Å²) in [6, 6.07) is 0. The molecule has 0 aliphatic heterocycles. The monoisotopic (exact) mass is 219 g/mol. The first kappa shape index (κ1) is 14.2. The smallest absolute Gasteiger partial charge is 0.407 e. The zero-order chi connectivity index (χ0) is 11.7. The number of halogens is 1. The average molecular weight is 219 g/mol. The average Bonchev–Trinajstić information content (AvgIpc) is 2.17. The lowest BCUT2D eigenvalue weighted by Crippen LogP contribution is -2.36. The van der Waals surface area contributed by atoms with Crippen LogP contribution in [0.15, 0.2) is 0 Å². The molecule has 0 aromatic heterocycles. The lowest BCUT2D eigenvalue weighted by Gasteiger charge is -2.21. The highest BCUT2D eigenvalue weighted by atomic mass is 19.1. The third-order valence-electron chi connectivity index (χ3n) is 1.99. The highest BCUT2D eigenvalue weighted by Gasteiger charge is 2.22. The fourth-order valence-electron chi connectivity index (χ4n) is 1.06. The summed E-state index contributed by atoms with van der Waals surface area (Å²) < 4.78 is 17.2. The minimum atomic E-state index is -1.02. The number of rotatable bonds is 7. The summed E-state index contributed by atoms with van der Waals surface area (Å²) in [5.74, 6) is 0. The number of alkyl carbamates (subject to hydrolysis) is 1. The molecule has 0 saturated heterocycles. The quantitative estimate of drug-likeness (QED) is 0.668. The van der Waals surface area contributed by atoms with Gasteiger partial charge in [-0.1, -0.05) is 26.2 Å². The highest BCUT2D eigenvalue weighted by molar-refractivity contribution is 5.67. The summed E-state index contributed by atoms with van der Waals surface area (Å²) in [4.78, 5) is 11.2. The molecule has 0 bridgehead atoms. The van der Waals surface area contributed by atoms with E-state index in [1.165, 1.54) is 12.8 Å². The predicted octanol–water partition coefficient (Wildman–Crippen LogP) is 3.04. The van der Waals surface area contributed by atoms with Crippen molar-refractivity contribution in [3.05, 3.63) is 0 Å². The standard InChI is InChI=1S/C11H22FNO2/c1-4-5-6-7-8-13-10(14)15-11(2,3)9-12/h4-9H2,1-3H3,(H,13,14). The second kappa shape index (κ2) is 7.49. The Labute approximate surface area is 91.4 Å². The molecule has 0 fully saturated rings. The molecule has 1 amide bonds. The van der Waals surface area contributed by atoms with Crippen LogP contribution in [0.1, 0.15) is 46.5 Å². The van der Waals surface area contributed by atoms with Gasteiger partial charge in [-0.2, -0.15) is 0 Å². The molecule has 0 saturated carbocycles.